The fourth-order valence-electron chi connectivity index (χ4n) is 1.62. The average molecular weight is 274 g/mol. The zero-order valence-corrected chi connectivity index (χ0v) is 10.8. The van der Waals surface area contributed by atoms with Crippen molar-refractivity contribution in [2.75, 3.05) is 18.5 Å². The van der Waals surface area contributed by atoms with Gasteiger partial charge in [-0.1, -0.05) is 0 Å². The number of hydrogen-bond donors (Lipinski definition) is 2. The Morgan fingerprint density at radius 2 is 1.75 bits per heavy atom. The zero-order chi connectivity index (χ0) is 14.4. The van der Waals surface area contributed by atoms with Gasteiger partial charge in [0.1, 0.15) is 18.2 Å². The molecule has 0 unspecified atom stereocenters. The molecule has 4 nitrogen and oxygen atoms in total. The number of ether oxygens (including phenoxy) is 1. The molecular weight excluding hydrogens is 259 g/mol. The molecule has 0 aliphatic carbocycles. The van der Waals surface area contributed by atoms with E-state index in [9.17, 15) is 9.18 Å². The van der Waals surface area contributed by atoms with Gasteiger partial charge in [-0.3, -0.25) is 4.79 Å². The summed E-state index contributed by atoms with van der Waals surface area (Å²) in [6, 6.07) is 12.3. The summed E-state index contributed by atoms with van der Waals surface area (Å²) in [7, 11) is 0. The van der Waals surface area contributed by atoms with E-state index in [4.69, 9.17) is 10.5 Å². The lowest BCUT2D eigenvalue weighted by Gasteiger charge is -2.07. The molecule has 1 amide bonds. The zero-order valence-electron chi connectivity index (χ0n) is 10.8. The van der Waals surface area contributed by atoms with Gasteiger partial charge in [0.2, 0.25) is 0 Å². The molecule has 2 rings (SSSR count). The quantitative estimate of drug-likeness (QED) is 0.880. The fourth-order valence-corrected chi connectivity index (χ4v) is 1.62. The molecule has 0 aromatic heterocycles. The third-order valence-corrected chi connectivity index (χ3v) is 2.61. The largest absolute Gasteiger partial charge is 0.492 e. The van der Waals surface area contributed by atoms with Crippen LogP contribution in [-0.2, 0) is 0 Å². The Bertz CT molecular complexity index is 567. The first-order valence-corrected chi connectivity index (χ1v) is 6.19. The molecule has 0 atom stereocenters. The van der Waals surface area contributed by atoms with Crippen molar-refractivity contribution in [2.24, 2.45) is 5.73 Å². The number of carbonyl (C=O) groups excluding carboxylic acids is 1. The van der Waals surface area contributed by atoms with Crippen LogP contribution in [0.2, 0.25) is 0 Å². The van der Waals surface area contributed by atoms with E-state index in [2.05, 4.69) is 5.32 Å². The van der Waals surface area contributed by atoms with E-state index in [1.807, 2.05) is 0 Å². The van der Waals surface area contributed by atoms with Crippen LogP contribution < -0.4 is 15.8 Å². The fraction of sp³-hybridized carbons (Fsp3) is 0.133. The number of halogens is 1. The highest BCUT2D eigenvalue weighted by atomic mass is 19.1. The van der Waals surface area contributed by atoms with Gasteiger partial charge in [0, 0.05) is 17.8 Å². The molecule has 0 spiro atoms. The molecule has 0 radical (unpaired) electrons. The molecule has 2 aromatic rings. The van der Waals surface area contributed by atoms with E-state index >= 15 is 0 Å². The Kier molecular flexibility index (Phi) is 4.68. The van der Waals surface area contributed by atoms with Crippen LogP contribution in [0.5, 0.6) is 5.75 Å². The normalized spacial score (nSPS) is 10.1. The lowest BCUT2D eigenvalue weighted by atomic mass is 10.2. The number of anilines is 1. The van der Waals surface area contributed by atoms with Crippen molar-refractivity contribution < 1.29 is 13.9 Å². The minimum Gasteiger partial charge on any atom is -0.492 e. The van der Waals surface area contributed by atoms with Crippen LogP contribution >= 0.6 is 0 Å². The summed E-state index contributed by atoms with van der Waals surface area (Å²) in [5, 5.41) is 2.72. The van der Waals surface area contributed by atoms with Crippen molar-refractivity contribution >= 4 is 11.6 Å². The van der Waals surface area contributed by atoms with Gasteiger partial charge in [-0.15, -0.1) is 0 Å². The van der Waals surface area contributed by atoms with Gasteiger partial charge in [-0.05, 0) is 48.5 Å². The standard InChI is InChI=1S/C15H15FN2O2/c16-12-3-1-11(2-4-12)15(19)18-13-5-7-14(8-6-13)20-10-9-17/h1-8H,9-10,17H2,(H,18,19). The van der Waals surface area contributed by atoms with Crippen LogP contribution in [0.3, 0.4) is 0 Å². The number of carbonyl (C=O) groups is 1. The van der Waals surface area contributed by atoms with Crippen molar-refractivity contribution in [1.82, 2.24) is 0 Å². The van der Waals surface area contributed by atoms with Crippen molar-refractivity contribution in [3.8, 4) is 5.75 Å². The molecule has 0 aliphatic rings. The van der Waals surface area contributed by atoms with E-state index in [1.54, 1.807) is 24.3 Å². The van der Waals surface area contributed by atoms with Crippen molar-refractivity contribution in [2.45, 2.75) is 0 Å². The highest BCUT2D eigenvalue weighted by Crippen LogP contribution is 2.16. The maximum atomic E-state index is 12.8. The Hall–Kier alpha value is -2.40. The summed E-state index contributed by atoms with van der Waals surface area (Å²) >= 11 is 0. The molecule has 20 heavy (non-hydrogen) atoms. The number of nitrogens with one attached hydrogen (secondary N) is 1. The Balaban J connectivity index is 1.99. The van der Waals surface area contributed by atoms with Crippen LogP contribution in [0.15, 0.2) is 48.5 Å². The van der Waals surface area contributed by atoms with Gasteiger partial charge in [0.15, 0.2) is 0 Å². The van der Waals surface area contributed by atoms with E-state index in [-0.39, 0.29) is 11.7 Å². The van der Waals surface area contributed by atoms with E-state index in [0.29, 0.717) is 30.2 Å². The minimum absolute atomic E-state index is 0.291. The molecule has 5 heteroatoms. The Morgan fingerprint density at radius 1 is 1.10 bits per heavy atom. The van der Waals surface area contributed by atoms with Crippen LogP contribution in [0.1, 0.15) is 10.4 Å². The predicted molar refractivity (Wildman–Crippen MR) is 75.3 cm³/mol. The highest BCUT2D eigenvalue weighted by Gasteiger charge is 2.06. The molecule has 2 aromatic carbocycles. The number of nitrogens with two attached hydrogens (primary N) is 1. The second-order valence-corrected chi connectivity index (χ2v) is 4.12. The molecular formula is C15H15FN2O2. The molecule has 0 bridgehead atoms. The van der Waals surface area contributed by atoms with Gasteiger partial charge in [0.25, 0.3) is 5.91 Å². The summed E-state index contributed by atoms with van der Waals surface area (Å²) in [5.74, 6) is 0.0267. The molecule has 0 saturated carbocycles. The number of amides is 1. The SMILES string of the molecule is NCCOc1ccc(NC(=O)c2ccc(F)cc2)cc1. The monoisotopic (exact) mass is 274 g/mol. The topological polar surface area (TPSA) is 64.3 Å². The minimum atomic E-state index is -0.372. The van der Waals surface area contributed by atoms with Crippen LogP contribution in [0.4, 0.5) is 10.1 Å². The lowest BCUT2D eigenvalue weighted by molar-refractivity contribution is 0.102. The van der Waals surface area contributed by atoms with Crippen LogP contribution in [0.25, 0.3) is 0 Å². The summed E-state index contributed by atoms with van der Waals surface area (Å²) in [4.78, 5) is 11.9. The molecule has 3 N–H and O–H groups in total. The highest BCUT2D eigenvalue weighted by molar-refractivity contribution is 6.04. The van der Waals surface area contributed by atoms with Gasteiger partial charge < -0.3 is 15.8 Å². The first-order chi connectivity index (χ1) is 9.69. The summed E-state index contributed by atoms with van der Waals surface area (Å²) in [6.45, 7) is 0.893. The van der Waals surface area contributed by atoms with E-state index < -0.39 is 0 Å². The third kappa shape index (κ3) is 3.80. The predicted octanol–water partition coefficient (Wildman–Crippen LogP) is 2.42. The molecule has 0 saturated heterocycles. The van der Waals surface area contributed by atoms with Crippen molar-refractivity contribution in [3.63, 3.8) is 0 Å². The molecule has 0 heterocycles. The van der Waals surface area contributed by atoms with Crippen LogP contribution in [-0.4, -0.2) is 19.1 Å². The number of hydrogen-bond acceptors (Lipinski definition) is 3. The molecule has 104 valence electrons. The molecule has 0 fully saturated rings. The van der Waals surface area contributed by atoms with Crippen molar-refractivity contribution in [1.29, 1.82) is 0 Å². The Labute approximate surface area is 116 Å². The van der Waals surface area contributed by atoms with Crippen LogP contribution in [0, 0.1) is 5.82 Å². The summed E-state index contributed by atoms with van der Waals surface area (Å²) in [6.07, 6.45) is 0. The maximum absolute atomic E-state index is 12.8. The first kappa shape index (κ1) is 14.0. The first-order valence-electron chi connectivity index (χ1n) is 6.19. The summed E-state index contributed by atoms with van der Waals surface area (Å²) in [5.41, 5.74) is 6.37. The number of benzene rings is 2. The van der Waals surface area contributed by atoms with Gasteiger partial charge in [0.05, 0.1) is 0 Å². The van der Waals surface area contributed by atoms with Gasteiger partial charge in [-0.25, -0.2) is 4.39 Å². The average Bonchev–Trinajstić information content (AvgIpc) is 2.47. The Morgan fingerprint density at radius 3 is 2.35 bits per heavy atom. The lowest BCUT2D eigenvalue weighted by Crippen LogP contribution is -2.12. The van der Waals surface area contributed by atoms with E-state index in [1.165, 1.54) is 24.3 Å². The number of rotatable bonds is 5. The summed E-state index contributed by atoms with van der Waals surface area (Å²) < 4.78 is 18.1. The van der Waals surface area contributed by atoms with Crippen molar-refractivity contribution in [3.05, 3.63) is 59.9 Å². The smallest absolute Gasteiger partial charge is 0.255 e. The second-order valence-electron chi connectivity index (χ2n) is 4.12. The maximum Gasteiger partial charge on any atom is 0.255 e. The van der Waals surface area contributed by atoms with Gasteiger partial charge in [-0.2, -0.15) is 0 Å². The second kappa shape index (κ2) is 6.68. The van der Waals surface area contributed by atoms with Gasteiger partial charge >= 0.3 is 0 Å². The van der Waals surface area contributed by atoms with E-state index in [0.717, 1.165) is 0 Å². The molecule has 0 aliphatic heterocycles. The third-order valence-electron chi connectivity index (χ3n) is 2.61.